The topological polar surface area (TPSA) is 79.9 Å². The van der Waals surface area contributed by atoms with Crippen molar-refractivity contribution >= 4 is 24.2 Å². The summed E-state index contributed by atoms with van der Waals surface area (Å²) in [5.74, 6) is 1.23. The molecule has 8 heteroatoms. The summed E-state index contributed by atoms with van der Waals surface area (Å²) in [6.07, 6.45) is 2.37. The molecule has 2 aliphatic rings. The van der Waals surface area contributed by atoms with Crippen LogP contribution in [0.25, 0.3) is 0 Å². The van der Waals surface area contributed by atoms with Gasteiger partial charge in [0.25, 0.3) is 5.91 Å². The minimum atomic E-state index is -0.0546. The molecule has 2 heterocycles. The largest absolute Gasteiger partial charge is 0.497 e. The van der Waals surface area contributed by atoms with Gasteiger partial charge in [-0.25, -0.2) is 0 Å². The van der Waals surface area contributed by atoms with Crippen LogP contribution in [0.5, 0.6) is 11.5 Å². The van der Waals surface area contributed by atoms with Crippen LogP contribution in [-0.4, -0.2) is 63.2 Å². The van der Waals surface area contributed by atoms with Crippen molar-refractivity contribution in [2.24, 2.45) is 5.92 Å². The first kappa shape index (κ1) is 21.3. The SMILES string of the molecule is COc1cc(OC)cc(C(=O)N2CCC(C(=O)NC3CCNC3)CC2)c1.Cl. The second-order valence-corrected chi connectivity index (χ2v) is 6.87. The van der Waals surface area contributed by atoms with Gasteiger partial charge in [0.05, 0.1) is 14.2 Å². The third kappa shape index (κ3) is 5.26. The maximum atomic E-state index is 12.8. The molecule has 27 heavy (non-hydrogen) atoms. The van der Waals surface area contributed by atoms with Crippen molar-refractivity contribution in [1.82, 2.24) is 15.5 Å². The fourth-order valence-electron chi connectivity index (χ4n) is 3.56. The summed E-state index contributed by atoms with van der Waals surface area (Å²) in [6, 6.07) is 5.42. The normalized spacial score (nSPS) is 19.9. The second-order valence-electron chi connectivity index (χ2n) is 6.87. The summed E-state index contributed by atoms with van der Waals surface area (Å²) < 4.78 is 10.5. The summed E-state index contributed by atoms with van der Waals surface area (Å²) in [5.41, 5.74) is 0.543. The third-order valence-electron chi connectivity index (χ3n) is 5.16. The monoisotopic (exact) mass is 397 g/mol. The Bertz CT molecular complexity index is 634. The lowest BCUT2D eigenvalue weighted by atomic mass is 9.95. The summed E-state index contributed by atoms with van der Waals surface area (Å²) in [4.78, 5) is 27.0. The van der Waals surface area contributed by atoms with Gasteiger partial charge in [-0.1, -0.05) is 0 Å². The molecule has 3 rings (SSSR count). The van der Waals surface area contributed by atoms with Gasteiger partial charge in [-0.05, 0) is 37.9 Å². The van der Waals surface area contributed by atoms with Gasteiger partial charge in [0, 0.05) is 43.2 Å². The number of methoxy groups -OCH3 is 2. The highest BCUT2D eigenvalue weighted by Crippen LogP contribution is 2.25. The smallest absolute Gasteiger partial charge is 0.254 e. The fourth-order valence-corrected chi connectivity index (χ4v) is 3.56. The van der Waals surface area contributed by atoms with Gasteiger partial charge in [0.2, 0.25) is 5.91 Å². The Labute approximate surface area is 166 Å². The van der Waals surface area contributed by atoms with Crippen LogP contribution in [-0.2, 0) is 4.79 Å². The van der Waals surface area contributed by atoms with Crippen molar-refractivity contribution in [1.29, 1.82) is 0 Å². The Morgan fingerprint density at radius 2 is 1.70 bits per heavy atom. The standard InChI is InChI=1S/C19H27N3O4.ClH/c1-25-16-9-14(10-17(11-16)26-2)19(24)22-7-4-13(5-8-22)18(23)21-15-3-6-20-12-15;/h9-11,13,15,20H,3-8,12H2,1-2H3,(H,21,23);1H. The number of halogens is 1. The zero-order valence-corrected chi connectivity index (χ0v) is 16.6. The van der Waals surface area contributed by atoms with E-state index < -0.39 is 0 Å². The van der Waals surface area contributed by atoms with E-state index in [4.69, 9.17) is 9.47 Å². The molecular formula is C19H28ClN3O4. The van der Waals surface area contributed by atoms with Gasteiger partial charge in [-0.3, -0.25) is 9.59 Å². The van der Waals surface area contributed by atoms with Gasteiger partial charge in [0.15, 0.2) is 0 Å². The molecule has 2 saturated heterocycles. The maximum absolute atomic E-state index is 12.8. The lowest BCUT2D eigenvalue weighted by molar-refractivity contribution is -0.126. The average molecular weight is 398 g/mol. The molecule has 7 nitrogen and oxygen atoms in total. The molecule has 1 aromatic rings. The quantitative estimate of drug-likeness (QED) is 0.786. The minimum Gasteiger partial charge on any atom is -0.497 e. The molecule has 2 N–H and O–H groups in total. The van der Waals surface area contributed by atoms with Gasteiger partial charge in [-0.15, -0.1) is 12.4 Å². The van der Waals surface area contributed by atoms with E-state index in [9.17, 15) is 9.59 Å². The lowest BCUT2D eigenvalue weighted by Crippen LogP contribution is -2.45. The van der Waals surface area contributed by atoms with E-state index in [0.717, 1.165) is 19.5 Å². The number of likely N-dealkylation sites (tertiary alicyclic amines) is 1. The second kappa shape index (κ2) is 9.80. The third-order valence-corrected chi connectivity index (χ3v) is 5.16. The van der Waals surface area contributed by atoms with Gasteiger partial charge in [-0.2, -0.15) is 0 Å². The zero-order valence-electron chi connectivity index (χ0n) is 15.8. The summed E-state index contributed by atoms with van der Waals surface area (Å²) in [7, 11) is 3.13. The van der Waals surface area contributed by atoms with Crippen LogP contribution in [0, 0.1) is 5.92 Å². The number of ether oxygens (including phenoxy) is 2. The zero-order chi connectivity index (χ0) is 18.5. The first-order chi connectivity index (χ1) is 12.6. The molecule has 1 atom stereocenters. The Morgan fingerprint density at radius 3 is 2.22 bits per heavy atom. The molecule has 2 amide bonds. The van der Waals surface area contributed by atoms with Crippen molar-refractivity contribution in [3.05, 3.63) is 23.8 Å². The van der Waals surface area contributed by atoms with Crippen molar-refractivity contribution in [2.75, 3.05) is 40.4 Å². The molecule has 150 valence electrons. The molecule has 1 unspecified atom stereocenters. The van der Waals surface area contributed by atoms with Crippen LogP contribution < -0.4 is 20.1 Å². The van der Waals surface area contributed by atoms with E-state index in [1.807, 2.05) is 0 Å². The van der Waals surface area contributed by atoms with E-state index in [1.165, 1.54) is 0 Å². The molecule has 1 aromatic carbocycles. The minimum absolute atomic E-state index is 0. The van der Waals surface area contributed by atoms with Crippen LogP contribution in [0.4, 0.5) is 0 Å². The molecule has 0 aromatic heterocycles. The van der Waals surface area contributed by atoms with Gasteiger partial charge < -0.3 is 25.0 Å². The molecule has 2 fully saturated rings. The molecule has 0 spiro atoms. The van der Waals surface area contributed by atoms with Crippen molar-refractivity contribution in [2.45, 2.75) is 25.3 Å². The van der Waals surface area contributed by atoms with Crippen molar-refractivity contribution < 1.29 is 19.1 Å². The highest BCUT2D eigenvalue weighted by molar-refractivity contribution is 5.95. The predicted octanol–water partition coefficient (Wildman–Crippen LogP) is 1.46. The summed E-state index contributed by atoms with van der Waals surface area (Å²) in [5, 5.41) is 6.37. The lowest BCUT2D eigenvalue weighted by Gasteiger charge is -2.32. The number of carbonyl (C=O) groups excluding carboxylic acids is 2. The summed E-state index contributed by atoms with van der Waals surface area (Å²) in [6.45, 7) is 2.97. The Hall–Kier alpha value is -1.99. The highest BCUT2D eigenvalue weighted by atomic mass is 35.5. The number of hydrogen-bond acceptors (Lipinski definition) is 5. The number of amides is 2. The van der Waals surface area contributed by atoms with E-state index in [2.05, 4.69) is 10.6 Å². The van der Waals surface area contributed by atoms with Crippen LogP contribution in [0.1, 0.15) is 29.6 Å². The fraction of sp³-hybridized carbons (Fsp3) is 0.579. The van der Waals surface area contributed by atoms with Gasteiger partial charge in [0.1, 0.15) is 11.5 Å². The Kier molecular flexibility index (Phi) is 7.74. The Morgan fingerprint density at radius 1 is 1.07 bits per heavy atom. The van der Waals surface area contributed by atoms with E-state index in [1.54, 1.807) is 37.3 Å². The molecule has 0 saturated carbocycles. The molecule has 0 radical (unpaired) electrons. The van der Waals surface area contributed by atoms with Gasteiger partial charge >= 0.3 is 0 Å². The van der Waals surface area contributed by atoms with Crippen LogP contribution in [0.15, 0.2) is 18.2 Å². The molecule has 0 bridgehead atoms. The molecular weight excluding hydrogens is 370 g/mol. The van der Waals surface area contributed by atoms with Crippen LogP contribution in [0.2, 0.25) is 0 Å². The van der Waals surface area contributed by atoms with Crippen LogP contribution in [0.3, 0.4) is 0 Å². The first-order valence-electron chi connectivity index (χ1n) is 9.14. The summed E-state index contributed by atoms with van der Waals surface area (Å²) >= 11 is 0. The highest BCUT2D eigenvalue weighted by Gasteiger charge is 2.29. The van der Waals surface area contributed by atoms with Crippen molar-refractivity contribution in [3.63, 3.8) is 0 Å². The number of nitrogens with zero attached hydrogens (tertiary/aromatic N) is 1. The van der Waals surface area contributed by atoms with Crippen molar-refractivity contribution in [3.8, 4) is 11.5 Å². The number of rotatable bonds is 5. The Balaban J connectivity index is 0.00000261. The number of hydrogen-bond donors (Lipinski definition) is 2. The number of benzene rings is 1. The molecule has 2 aliphatic heterocycles. The van der Waals surface area contributed by atoms with E-state index in [0.29, 0.717) is 43.0 Å². The first-order valence-corrected chi connectivity index (χ1v) is 9.14. The number of piperidine rings is 1. The number of carbonyl (C=O) groups is 2. The maximum Gasteiger partial charge on any atom is 0.254 e. The van der Waals surface area contributed by atoms with Crippen LogP contribution >= 0.6 is 12.4 Å². The molecule has 0 aliphatic carbocycles. The average Bonchev–Trinajstić information content (AvgIpc) is 3.20. The van der Waals surface area contributed by atoms with E-state index in [-0.39, 0.29) is 36.2 Å². The number of nitrogens with one attached hydrogen (secondary N) is 2. The van der Waals surface area contributed by atoms with E-state index >= 15 is 0 Å². The predicted molar refractivity (Wildman–Crippen MR) is 105 cm³/mol.